The molecule has 12 heavy (non-hydrogen) atoms. The van der Waals surface area contributed by atoms with Crippen molar-refractivity contribution in [2.24, 2.45) is 0 Å². The van der Waals surface area contributed by atoms with Gasteiger partial charge in [0.2, 0.25) is 0 Å². The van der Waals surface area contributed by atoms with Crippen molar-refractivity contribution in [3.05, 3.63) is 10.5 Å². The van der Waals surface area contributed by atoms with Crippen molar-refractivity contribution in [3.8, 4) is 0 Å². The standard InChI is InChI=1S/C4H3N5O2S/c10-4-5-2(7-11)1-3(6-4)9-12-8-1/h11H,(H2,5,6,7,9,10). The minimum atomic E-state index is -0.577. The van der Waals surface area contributed by atoms with Crippen LogP contribution in [0.5, 0.6) is 0 Å². The van der Waals surface area contributed by atoms with Gasteiger partial charge in [0.15, 0.2) is 17.0 Å². The first-order valence-corrected chi connectivity index (χ1v) is 3.67. The fourth-order valence-corrected chi connectivity index (χ4v) is 1.30. The molecule has 0 aliphatic rings. The smallest absolute Gasteiger partial charge is 0.290 e. The molecule has 0 spiro atoms. The van der Waals surface area contributed by atoms with E-state index >= 15 is 0 Å². The Morgan fingerprint density at radius 3 is 3.08 bits per heavy atom. The van der Waals surface area contributed by atoms with E-state index < -0.39 is 5.69 Å². The van der Waals surface area contributed by atoms with Gasteiger partial charge in [0, 0.05) is 0 Å². The van der Waals surface area contributed by atoms with E-state index in [2.05, 4.69) is 18.7 Å². The van der Waals surface area contributed by atoms with Crippen molar-refractivity contribution < 1.29 is 5.21 Å². The van der Waals surface area contributed by atoms with Crippen LogP contribution in [0.1, 0.15) is 0 Å². The number of rotatable bonds is 1. The molecule has 3 N–H and O–H groups in total. The number of H-pyrrole nitrogens is 1. The van der Waals surface area contributed by atoms with Crippen molar-refractivity contribution in [2.45, 2.75) is 0 Å². The minimum absolute atomic E-state index is 0.0162. The molecule has 0 aliphatic heterocycles. The molecule has 0 aromatic carbocycles. The summed E-state index contributed by atoms with van der Waals surface area (Å²) in [5, 5.41) is 8.55. The van der Waals surface area contributed by atoms with Crippen LogP contribution < -0.4 is 11.2 Å². The average Bonchev–Trinajstić information content (AvgIpc) is 2.50. The van der Waals surface area contributed by atoms with Crippen molar-refractivity contribution in [3.63, 3.8) is 0 Å². The predicted octanol–water partition coefficient (Wildman–Crippen LogP) is -0.424. The SMILES string of the molecule is O=c1nc(NO)c2nsnc2[nH]1. The second-order valence-electron chi connectivity index (χ2n) is 1.96. The normalized spacial score (nSPS) is 10.4. The molecule has 0 saturated heterocycles. The van der Waals surface area contributed by atoms with Crippen molar-refractivity contribution in [1.29, 1.82) is 0 Å². The molecule has 0 amide bonds. The van der Waals surface area contributed by atoms with Gasteiger partial charge in [-0.25, -0.2) is 10.3 Å². The van der Waals surface area contributed by atoms with Crippen LogP contribution in [0.15, 0.2) is 4.79 Å². The Kier molecular flexibility index (Phi) is 1.48. The summed E-state index contributed by atoms with van der Waals surface area (Å²) in [7, 11) is 0. The second-order valence-corrected chi connectivity index (χ2v) is 2.49. The molecule has 0 aliphatic carbocycles. The van der Waals surface area contributed by atoms with E-state index in [-0.39, 0.29) is 5.82 Å². The van der Waals surface area contributed by atoms with E-state index in [9.17, 15) is 4.79 Å². The van der Waals surface area contributed by atoms with Crippen LogP contribution in [-0.4, -0.2) is 23.9 Å². The van der Waals surface area contributed by atoms with Gasteiger partial charge in [-0.05, 0) is 0 Å². The number of hydrogen-bond acceptors (Lipinski definition) is 7. The number of aromatic amines is 1. The number of aromatic nitrogens is 4. The summed E-state index contributed by atoms with van der Waals surface area (Å²) >= 11 is 0.930. The number of hydrogen-bond donors (Lipinski definition) is 3. The molecule has 0 atom stereocenters. The Balaban J connectivity index is 2.89. The minimum Gasteiger partial charge on any atom is -0.290 e. The largest absolute Gasteiger partial charge is 0.348 e. The highest BCUT2D eigenvalue weighted by molar-refractivity contribution is 7.00. The Hall–Kier alpha value is -1.54. The maximum atomic E-state index is 10.8. The fraction of sp³-hybridized carbons (Fsp3) is 0. The topological polar surface area (TPSA) is 104 Å². The zero-order chi connectivity index (χ0) is 8.55. The Morgan fingerprint density at radius 1 is 1.50 bits per heavy atom. The molecule has 2 rings (SSSR count). The highest BCUT2D eigenvalue weighted by atomic mass is 32.1. The van der Waals surface area contributed by atoms with Crippen LogP contribution in [0.2, 0.25) is 0 Å². The maximum Gasteiger partial charge on any atom is 0.348 e. The Labute approximate surface area is 69.4 Å². The first-order valence-electron chi connectivity index (χ1n) is 2.94. The molecule has 0 radical (unpaired) electrons. The third-order valence-electron chi connectivity index (χ3n) is 1.26. The van der Waals surface area contributed by atoms with Gasteiger partial charge < -0.3 is 0 Å². The van der Waals surface area contributed by atoms with Gasteiger partial charge in [-0.2, -0.15) is 13.7 Å². The molecular formula is C4H3N5O2S. The second kappa shape index (κ2) is 2.50. The van der Waals surface area contributed by atoms with Gasteiger partial charge in [-0.1, -0.05) is 0 Å². The van der Waals surface area contributed by atoms with E-state index in [1.54, 1.807) is 5.48 Å². The number of anilines is 1. The van der Waals surface area contributed by atoms with Gasteiger partial charge in [0.05, 0.1) is 11.7 Å². The van der Waals surface area contributed by atoms with Crippen LogP contribution in [0.3, 0.4) is 0 Å². The molecule has 0 unspecified atom stereocenters. The summed E-state index contributed by atoms with van der Waals surface area (Å²) in [6, 6.07) is 0. The summed E-state index contributed by atoms with van der Waals surface area (Å²) in [6.07, 6.45) is 0. The lowest BCUT2D eigenvalue weighted by Gasteiger charge is -1.94. The molecule has 8 heteroatoms. The van der Waals surface area contributed by atoms with Crippen LogP contribution in [0.4, 0.5) is 5.82 Å². The molecule has 0 saturated carbocycles. The third kappa shape index (κ3) is 0.933. The van der Waals surface area contributed by atoms with Crippen molar-refractivity contribution >= 4 is 28.7 Å². The molecule has 2 aromatic heterocycles. The van der Waals surface area contributed by atoms with Crippen molar-refractivity contribution in [1.82, 2.24) is 18.7 Å². The molecule has 7 nitrogen and oxygen atoms in total. The van der Waals surface area contributed by atoms with Crippen molar-refractivity contribution in [2.75, 3.05) is 5.48 Å². The molecular weight excluding hydrogens is 182 g/mol. The quantitative estimate of drug-likeness (QED) is 0.521. The van der Waals surface area contributed by atoms with Crippen LogP contribution >= 0.6 is 11.7 Å². The summed E-state index contributed by atoms with van der Waals surface area (Å²) < 4.78 is 7.58. The third-order valence-corrected chi connectivity index (χ3v) is 1.79. The van der Waals surface area contributed by atoms with E-state index in [1.807, 2.05) is 0 Å². The lowest BCUT2D eigenvalue weighted by atomic mass is 10.5. The van der Waals surface area contributed by atoms with E-state index in [0.717, 1.165) is 11.7 Å². The number of nitrogens with one attached hydrogen (secondary N) is 2. The lowest BCUT2D eigenvalue weighted by Crippen LogP contribution is -2.12. The molecule has 0 bridgehead atoms. The van der Waals surface area contributed by atoms with E-state index in [1.165, 1.54) is 0 Å². The maximum absolute atomic E-state index is 10.8. The van der Waals surface area contributed by atoms with Gasteiger partial charge >= 0.3 is 5.69 Å². The van der Waals surface area contributed by atoms with Gasteiger partial charge in [-0.15, -0.1) is 0 Å². The Bertz CT molecular complexity index is 462. The highest BCUT2D eigenvalue weighted by Gasteiger charge is 2.06. The predicted molar refractivity (Wildman–Crippen MR) is 41.2 cm³/mol. The van der Waals surface area contributed by atoms with E-state index in [0.29, 0.717) is 11.2 Å². The van der Waals surface area contributed by atoms with Crippen LogP contribution in [0, 0.1) is 0 Å². The molecule has 2 aromatic rings. The monoisotopic (exact) mass is 185 g/mol. The lowest BCUT2D eigenvalue weighted by molar-refractivity contribution is 0.386. The number of nitrogens with zero attached hydrogens (tertiary/aromatic N) is 3. The van der Waals surface area contributed by atoms with Crippen LogP contribution in [0.25, 0.3) is 11.2 Å². The highest BCUT2D eigenvalue weighted by Crippen LogP contribution is 2.13. The fourth-order valence-electron chi connectivity index (χ4n) is 0.788. The molecule has 0 fully saturated rings. The molecule has 2 heterocycles. The first kappa shape index (κ1) is 7.13. The van der Waals surface area contributed by atoms with Crippen LogP contribution in [-0.2, 0) is 0 Å². The summed E-state index contributed by atoms with van der Waals surface area (Å²) in [4.78, 5) is 16.6. The zero-order valence-corrected chi connectivity index (χ0v) is 6.42. The average molecular weight is 185 g/mol. The zero-order valence-electron chi connectivity index (χ0n) is 5.61. The van der Waals surface area contributed by atoms with E-state index in [4.69, 9.17) is 5.21 Å². The Morgan fingerprint density at radius 2 is 2.33 bits per heavy atom. The number of fused-ring (bicyclic) bond motifs is 1. The summed E-state index contributed by atoms with van der Waals surface area (Å²) in [6.45, 7) is 0. The first-order chi connectivity index (χ1) is 5.81. The summed E-state index contributed by atoms with van der Waals surface area (Å²) in [5.41, 5.74) is 1.86. The molecule has 62 valence electrons. The van der Waals surface area contributed by atoms with Gasteiger partial charge in [-0.3, -0.25) is 10.2 Å². The van der Waals surface area contributed by atoms with Gasteiger partial charge in [0.25, 0.3) is 0 Å². The van der Waals surface area contributed by atoms with Gasteiger partial charge in [0.1, 0.15) is 0 Å². The summed E-state index contributed by atoms with van der Waals surface area (Å²) in [5.74, 6) is 0.0162.